The molecule has 34 heavy (non-hydrogen) atoms. The second kappa shape index (κ2) is 9.56. The molecule has 0 saturated heterocycles. The van der Waals surface area contributed by atoms with Crippen molar-refractivity contribution in [1.82, 2.24) is 30.7 Å². The second-order valence-corrected chi connectivity index (χ2v) is 6.60. The smallest absolute Gasteiger partial charge is 0.336 e. The van der Waals surface area contributed by atoms with Crippen LogP contribution in [0.2, 0.25) is 0 Å². The van der Waals surface area contributed by atoms with Crippen molar-refractivity contribution < 1.29 is 28.5 Å². The lowest BCUT2D eigenvalue weighted by Crippen LogP contribution is -2.21. The topological polar surface area (TPSA) is 184 Å². The number of benzene rings is 2. The van der Waals surface area contributed by atoms with Crippen LogP contribution in [0.4, 0.5) is 10.2 Å². The second-order valence-electron chi connectivity index (χ2n) is 6.60. The van der Waals surface area contributed by atoms with E-state index in [1.807, 2.05) is 0 Å². The summed E-state index contributed by atoms with van der Waals surface area (Å²) in [6, 6.07) is 11.3. The molecule has 14 heteroatoms. The normalized spacial score (nSPS) is 11.0. The average Bonchev–Trinajstić information content (AvgIpc) is 3.44. The Morgan fingerprint density at radius 1 is 1.21 bits per heavy atom. The summed E-state index contributed by atoms with van der Waals surface area (Å²) < 4.78 is 24.5. The fraction of sp³-hybridized carbons (Fsp3) is 0.0500. The maximum atomic E-state index is 13.2. The number of carbonyl (C=O) groups excluding carboxylic acids is 1. The number of carboxylic acid groups (broad SMARTS) is 1. The SMILES string of the molecule is Nc1nonc1-n1nnc(C(=O)NN=Cc2ccccc2C(=O)O)c1COc1ccc(F)cc1. The van der Waals surface area contributed by atoms with Crippen LogP contribution in [0, 0.1) is 5.82 Å². The van der Waals surface area contributed by atoms with E-state index in [9.17, 15) is 19.1 Å². The van der Waals surface area contributed by atoms with Gasteiger partial charge in [-0.3, -0.25) is 4.79 Å². The molecule has 4 aromatic rings. The molecule has 0 aliphatic heterocycles. The number of anilines is 1. The Balaban J connectivity index is 1.58. The van der Waals surface area contributed by atoms with E-state index in [4.69, 9.17) is 10.5 Å². The fourth-order valence-corrected chi connectivity index (χ4v) is 2.82. The van der Waals surface area contributed by atoms with E-state index in [2.05, 4.69) is 35.8 Å². The Morgan fingerprint density at radius 2 is 1.97 bits per heavy atom. The van der Waals surface area contributed by atoms with Crippen LogP contribution in [0.1, 0.15) is 32.1 Å². The number of hydrazone groups is 1. The highest BCUT2D eigenvalue weighted by Crippen LogP contribution is 2.19. The number of carboxylic acids is 1. The Kier molecular flexibility index (Phi) is 6.20. The molecule has 13 nitrogen and oxygen atoms in total. The first-order valence-electron chi connectivity index (χ1n) is 9.51. The van der Waals surface area contributed by atoms with E-state index in [0.717, 1.165) is 4.68 Å². The van der Waals surface area contributed by atoms with E-state index < -0.39 is 17.7 Å². The van der Waals surface area contributed by atoms with Crippen LogP contribution < -0.4 is 15.9 Å². The number of aromatic carboxylic acids is 1. The maximum absolute atomic E-state index is 13.2. The molecule has 2 heterocycles. The summed E-state index contributed by atoms with van der Waals surface area (Å²) in [6.07, 6.45) is 1.18. The first-order chi connectivity index (χ1) is 16.4. The first kappa shape index (κ1) is 22.1. The average molecular weight is 466 g/mol. The molecule has 2 aromatic carbocycles. The Labute approximate surface area is 189 Å². The summed E-state index contributed by atoms with van der Waals surface area (Å²) in [5.74, 6) is -2.18. The predicted octanol–water partition coefficient (Wildman–Crippen LogP) is 1.41. The lowest BCUT2D eigenvalue weighted by molar-refractivity contribution is 0.0696. The fourth-order valence-electron chi connectivity index (χ4n) is 2.82. The molecule has 1 amide bonds. The lowest BCUT2D eigenvalue weighted by Gasteiger charge is -2.08. The molecular formula is C20H15FN8O5. The van der Waals surface area contributed by atoms with Crippen molar-refractivity contribution in [3.05, 3.63) is 76.9 Å². The summed E-state index contributed by atoms with van der Waals surface area (Å²) in [5.41, 5.74) is 8.20. The van der Waals surface area contributed by atoms with Crippen LogP contribution in [-0.4, -0.2) is 48.5 Å². The summed E-state index contributed by atoms with van der Waals surface area (Å²) >= 11 is 0. The number of ether oxygens (including phenoxy) is 1. The number of halogens is 1. The van der Waals surface area contributed by atoms with Gasteiger partial charge in [0.25, 0.3) is 5.91 Å². The van der Waals surface area contributed by atoms with Gasteiger partial charge >= 0.3 is 5.97 Å². The van der Waals surface area contributed by atoms with Crippen molar-refractivity contribution in [3.63, 3.8) is 0 Å². The zero-order valence-corrected chi connectivity index (χ0v) is 17.1. The molecule has 0 aliphatic carbocycles. The summed E-state index contributed by atoms with van der Waals surface area (Å²) in [7, 11) is 0. The van der Waals surface area contributed by atoms with Gasteiger partial charge in [-0.2, -0.15) is 9.78 Å². The molecule has 0 saturated carbocycles. The zero-order valence-electron chi connectivity index (χ0n) is 17.1. The molecule has 0 unspecified atom stereocenters. The van der Waals surface area contributed by atoms with Crippen molar-refractivity contribution >= 4 is 23.9 Å². The van der Waals surface area contributed by atoms with Crippen LogP contribution in [0.5, 0.6) is 5.75 Å². The molecule has 0 aliphatic rings. The van der Waals surface area contributed by atoms with Gasteiger partial charge in [-0.1, -0.05) is 23.4 Å². The highest BCUT2D eigenvalue weighted by Gasteiger charge is 2.24. The standard InChI is InChI=1S/C20H15FN8O5/c21-12-5-7-13(8-6-12)33-10-15-16(24-28-29(15)18-17(22)26-34-27-18)19(30)25-23-9-11-3-1-2-4-14(11)20(31)32/h1-9H,10H2,(H2,22,26)(H,25,30)(H,31,32). The molecule has 0 bridgehead atoms. The number of carbonyl (C=O) groups is 2. The molecule has 0 atom stereocenters. The van der Waals surface area contributed by atoms with Crippen molar-refractivity contribution in [1.29, 1.82) is 0 Å². The minimum absolute atomic E-state index is 0.00818. The molecule has 4 N–H and O–H groups in total. The monoisotopic (exact) mass is 466 g/mol. The third-order valence-electron chi connectivity index (χ3n) is 4.42. The van der Waals surface area contributed by atoms with Gasteiger partial charge in [0, 0.05) is 5.56 Å². The van der Waals surface area contributed by atoms with Crippen molar-refractivity contribution in [2.45, 2.75) is 6.61 Å². The minimum Gasteiger partial charge on any atom is -0.487 e. The zero-order chi connectivity index (χ0) is 24.1. The third kappa shape index (κ3) is 4.69. The highest BCUT2D eigenvalue weighted by molar-refractivity contribution is 5.99. The van der Waals surface area contributed by atoms with Crippen LogP contribution in [0.25, 0.3) is 5.82 Å². The molecule has 0 spiro atoms. The van der Waals surface area contributed by atoms with Gasteiger partial charge in [-0.25, -0.2) is 19.2 Å². The van der Waals surface area contributed by atoms with Crippen LogP contribution in [0.15, 0.2) is 58.3 Å². The summed E-state index contributed by atoms with van der Waals surface area (Å²) in [6.45, 7) is -0.237. The van der Waals surface area contributed by atoms with Crippen LogP contribution in [-0.2, 0) is 6.61 Å². The number of hydrogen-bond donors (Lipinski definition) is 3. The molecule has 4 rings (SSSR count). The third-order valence-corrected chi connectivity index (χ3v) is 4.42. The number of aromatic nitrogens is 5. The molecule has 2 aromatic heterocycles. The number of nitrogens with one attached hydrogen (secondary N) is 1. The van der Waals surface area contributed by atoms with Gasteiger partial charge in [0.05, 0.1) is 11.8 Å². The minimum atomic E-state index is -1.14. The van der Waals surface area contributed by atoms with Gasteiger partial charge < -0.3 is 15.6 Å². The van der Waals surface area contributed by atoms with E-state index in [0.29, 0.717) is 5.75 Å². The molecule has 172 valence electrons. The van der Waals surface area contributed by atoms with E-state index in [1.165, 1.54) is 42.6 Å². The van der Waals surface area contributed by atoms with Crippen LogP contribution in [0.3, 0.4) is 0 Å². The van der Waals surface area contributed by atoms with Crippen molar-refractivity contribution in [2.75, 3.05) is 5.73 Å². The number of rotatable bonds is 8. The summed E-state index contributed by atoms with van der Waals surface area (Å²) in [4.78, 5) is 24.0. The Hall–Kier alpha value is -5.14. The lowest BCUT2D eigenvalue weighted by atomic mass is 10.1. The van der Waals surface area contributed by atoms with E-state index in [-0.39, 0.29) is 40.8 Å². The van der Waals surface area contributed by atoms with Gasteiger partial charge in [0.15, 0.2) is 5.69 Å². The van der Waals surface area contributed by atoms with E-state index >= 15 is 0 Å². The molecule has 0 radical (unpaired) electrons. The summed E-state index contributed by atoms with van der Waals surface area (Å²) in [5, 5.41) is 27.9. The predicted molar refractivity (Wildman–Crippen MR) is 113 cm³/mol. The largest absolute Gasteiger partial charge is 0.487 e. The number of hydrogen-bond acceptors (Lipinski definition) is 10. The van der Waals surface area contributed by atoms with Gasteiger partial charge in [0.2, 0.25) is 11.6 Å². The molecular weight excluding hydrogens is 451 g/mol. The number of nitrogen functional groups attached to an aromatic ring is 1. The van der Waals surface area contributed by atoms with Gasteiger partial charge in [0.1, 0.15) is 23.9 Å². The van der Waals surface area contributed by atoms with Gasteiger partial charge in [-0.15, -0.1) is 5.10 Å². The molecule has 0 fully saturated rings. The van der Waals surface area contributed by atoms with Crippen molar-refractivity contribution in [3.8, 4) is 11.6 Å². The highest BCUT2D eigenvalue weighted by atomic mass is 19.1. The maximum Gasteiger partial charge on any atom is 0.336 e. The first-order valence-corrected chi connectivity index (χ1v) is 9.51. The number of nitrogens with two attached hydrogens (primary N) is 1. The quantitative estimate of drug-likeness (QED) is 0.253. The Morgan fingerprint density at radius 3 is 2.68 bits per heavy atom. The number of amides is 1. The van der Waals surface area contributed by atoms with Crippen LogP contribution >= 0.6 is 0 Å². The van der Waals surface area contributed by atoms with Crippen molar-refractivity contribution in [2.24, 2.45) is 5.10 Å². The van der Waals surface area contributed by atoms with E-state index in [1.54, 1.807) is 12.1 Å². The van der Waals surface area contributed by atoms with Gasteiger partial charge in [-0.05, 0) is 40.6 Å². The number of nitrogens with zero attached hydrogens (tertiary/aromatic N) is 6. The Bertz CT molecular complexity index is 1370.